The van der Waals surface area contributed by atoms with Crippen LogP contribution in [0.2, 0.25) is 0 Å². The average Bonchev–Trinajstić information content (AvgIpc) is 3.28. The molecule has 4 aromatic carbocycles. The monoisotopic (exact) mass is 491 g/mol. The van der Waals surface area contributed by atoms with Crippen molar-refractivity contribution >= 4 is 39.9 Å². The van der Waals surface area contributed by atoms with Gasteiger partial charge in [0.25, 0.3) is 5.91 Å². The third kappa shape index (κ3) is 5.28. The summed E-state index contributed by atoms with van der Waals surface area (Å²) in [7, 11) is 1.58. The van der Waals surface area contributed by atoms with Crippen LogP contribution in [0.15, 0.2) is 97.1 Å². The first-order valence-corrected chi connectivity index (χ1v) is 11.7. The molecule has 1 aromatic heterocycles. The van der Waals surface area contributed by atoms with Crippen molar-refractivity contribution in [3.05, 3.63) is 103 Å². The molecule has 2 amide bonds. The summed E-state index contributed by atoms with van der Waals surface area (Å²) in [5.74, 6) is 0.862. The maximum Gasteiger partial charge on any atom is 0.255 e. The smallest absolute Gasteiger partial charge is 0.255 e. The zero-order chi connectivity index (χ0) is 25.8. The van der Waals surface area contributed by atoms with Gasteiger partial charge in [0.1, 0.15) is 18.1 Å². The van der Waals surface area contributed by atoms with Crippen LogP contribution in [0.5, 0.6) is 5.75 Å². The van der Waals surface area contributed by atoms with Gasteiger partial charge in [0.2, 0.25) is 5.91 Å². The predicted octanol–water partition coefficient (Wildman–Crippen LogP) is 5.19. The number of imidazole rings is 1. The summed E-state index contributed by atoms with van der Waals surface area (Å²) in [6, 6.07) is 29.0. The Morgan fingerprint density at radius 1 is 0.865 bits per heavy atom. The van der Waals surface area contributed by atoms with Gasteiger partial charge in [-0.3, -0.25) is 9.59 Å². The lowest BCUT2D eigenvalue weighted by Gasteiger charge is -2.11. The van der Waals surface area contributed by atoms with E-state index in [-0.39, 0.29) is 18.4 Å². The number of aromatic nitrogens is 2. The number of nitrogens with one attached hydrogen (secondary N) is 2. The van der Waals surface area contributed by atoms with E-state index in [0.717, 1.165) is 16.6 Å². The van der Waals surface area contributed by atoms with Gasteiger partial charge >= 0.3 is 0 Å². The topological polar surface area (TPSA) is 111 Å². The zero-order valence-electron chi connectivity index (χ0n) is 20.1. The van der Waals surface area contributed by atoms with Gasteiger partial charge in [-0.15, -0.1) is 0 Å². The van der Waals surface area contributed by atoms with Gasteiger partial charge in [-0.05, 0) is 60.7 Å². The van der Waals surface area contributed by atoms with E-state index in [0.29, 0.717) is 34.2 Å². The molecule has 37 heavy (non-hydrogen) atoms. The number of para-hydroxylation sites is 2. The minimum atomic E-state index is -0.240. The number of anilines is 3. The number of carbonyl (C=O) groups is 2. The standard InChI is InChI=1S/C29H25N5O3/c1-37-24-6-4-5-23(17-24)32-29(36)20-11-9-19(10-12-20)28-33-25-7-2-3-8-26(25)34(28)18-27(35)31-22-15-13-21(30)14-16-22/h2-17H,18,30H2,1H3,(H,31,35)(H,32,36). The fourth-order valence-electron chi connectivity index (χ4n) is 4.04. The first kappa shape index (κ1) is 23.6. The molecule has 184 valence electrons. The van der Waals surface area contributed by atoms with Crippen molar-refractivity contribution in [1.82, 2.24) is 9.55 Å². The van der Waals surface area contributed by atoms with Gasteiger partial charge in [0.15, 0.2) is 0 Å². The van der Waals surface area contributed by atoms with Crippen LogP contribution < -0.4 is 21.1 Å². The molecular formula is C29H25N5O3. The van der Waals surface area contributed by atoms with E-state index < -0.39 is 0 Å². The number of nitrogens with two attached hydrogens (primary N) is 1. The lowest BCUT2D eigenvalue weighted by molar-refractivity contribution is -0.116. The zero-order valence-corrected chi connectivity index (χ0v) is 20.1. The number of hydrogen-bond donors (Lipinski definition) is 3. The Kier molecular flexibility index (Phi) is 6.54. The molecule has 5 rings (SSSR count). The summed E-state index contributed by atoms with van der Waals surface area (Å²) in [6.45, 7) is 0.0678. The summed E-state index contributed by atoms with van der Waals surface area (Å²) >= 11 is 0. The number of rotatable bonds is 7. The van der Waals surface area contributed by atoms with Gasteiger partial charge in [-0.1, -0.05) is 30.3 Å². The molecule has 0 saturated heterocycles. The van der Waals surface area contributed by atoms with Crippen molar-refractivity contribution < 1.29 is 14.3 Å². The van der Waals surface area contributed by atoms with Gasteiger partial charge in [0.05, 0.1) is 18.1 Å². The first-order chi connectivity index (χ1) is 18.0. The molecule has 0 aliphatic carbocycles. The summed E-state index contributed by atoms with van der Waals surface area (Å²) in [5, 5.41) is 5.78. The van der Waals surface area contributed by atoms with Crippen molar-refractivity contribution in [3.8, 4) is 17.1 Å². The Labute approximate surface area is 213 Å². The molecule has 0 saturated carbocycles. The molecule has 1 heterocycles. The van der Waals surface area contributed by atoms with Crippen LogP contribution in [-0.2, 0) is 11.3 Å². The minimum Gasteiger partial charge on any atom is -0.497 e. The van der Waals surface area contributed by atoms with Crippen molar-refractivity contribution in [2.75, 3.05) is 23.5 Å². The molecule has 0 atom stereocenters. The van der Waals surface area contributed by atoms with Crippen molar-refractivity contribution in [1.29, 1.82) is 0 Å². The maximum atomic E-state index is 12.9. The molecule has 0 fully saturated rings. The van der Waals surface area contributed by atoms with E-state index in [4.69, 9.17) is 15.5 Å². The second kappa shape index (κ2) is 10.2. The number of fused-ring (bicyclic) bond motifs is 1. The van der Waals surface area contributed by atoms with Crippen LogP contribution in [0.25, 0.3) is 22.4 Å². The number of amides is 2. The average molecular weight is 492 g/mol. The number of methoxy groups -OCH3 is 1. The van der Waals surface area contributed by atoms with Crippen molar-refractivity contribution in [2.24, 2.45) is 0 Å². The highest BCUT2D eigenvalue weighted by atomic mass is 16.5. The van der Waals surface area contributed by atoms with Gasteiger partial charge < -0.3 is 25.7 Å². The normalized spacial score (nSPS) is 10.7. The Morgan fingerprint density at radius 3 is 2.38 bits per heavy atom. The number of hydrogen-bond acceptors (Lipinski definition) is 5. The lowest BCUT2D eigenvalue weighted by atomic mass is 10.1. The summed E-state index contributed by atoms with van der Waals surface area (Å²) in [5.41, 5.74) is 10.6. The Morgan fingerprint density at radius 2 is 1.62 bits per heavy atom. The SMILES string of the molecule is COc1cccc(NC(=O)c2ccc(-c3nc4ccccc4n3CC(=O)Nc3ccc(N)cc3)cc2)c1. The highest BCUT2D eigenvalue weighted by Crippen LogP contribution is 2.26. The van der Waals surface area contributed by atoms with E-state index in [9.17, 15) is 9.59 Å². The van der Waals surface area contributed by atoms with Gasteiger partial charge in [-0.2, -0.15) is 0 Å². The van der Waals surface area contributed by atoms with Crippen LogP contribution in [0.1, 0.15) is 10.4 Å². The van der Waals surface area contributed by atoms with E-state index in [1.165, 1.54) is 0 Å². The molecule has 0 spiro atoms. The van der Waals surface area contributed by atoms with Crippen molar-refractivity contribution in [3.63, 3.8) is 0 Å². The number of ether oxygens (including phenoxy) is 1. The Balaban J connectivity index is 1.39. The fraction of sp³-hybridized carbons (Fsp3) is 0.0690. The highest BCUT2D eigenvalue weighted by molar-refractivity contribution is 6.04. The summed E-state index contributed by atoms with van der Waals surface area (Å²) in [6.07, 6.45) is 0. The summed E-state index contributed by atoms with van der Waals surface area (Å²) in [4.78, 5) is 30.4. The van der Waals surface area contributed by atoms with Crippen LogP contribution in [0.3, 0.4) is 0 Å². The highest BCUT2D eigenvalue weighted by Gasteiger charge is 2.16. The molecule has 8 nitrogen and oxygen atoms in total. The van der Waals surface area contributed by atoms with Crippen LogP contribution in [0, 0.1) is 0 Å². The molecule has 0 bridgehead atoms. The lowest BCUT2D eigenvalue weighted by Crippen LogP contribution is -2.19. The van der Waals surface area contributed by atoms with E-state index >= 15 is 0 Å². The summed E-state index contributed by atoms with van der Waals surface area (Å²) < 4.78 is 7.08. The Bertz CT molecular complexity index is 1570. The molecule has 0 aliphatic heterocycles. The van der Waals surface area contributed by atoms with E-state index in [1.54, 1.807) is 55.6 Å². The number of nitrogen functional groups attached to an aromatic ring is 1. The molecule has 8 heteroatoms. The number of benzene rings is 4. The van der Waals surface area contributed by atoms with Gasteiger partial charge in [-0.25, -0.2) is 4.98 Å². The number of nitrogens with zero attached hydrogens (tertiary/aromatic N) is 2. The van der Waals surface area contributed by atoms with Gasteiger partial charge in [0, 0.05) is 34.3 Å². The van der Waals surface area contributed by atoms with Crippen LogP contribution >= 0.6 is 0 Å². The van der Waals surface area contributed by atoms with Crippen LogP contribution in [-0.4, -0.2) is 28.5 Å². The minimum absolute atomic E-state index is 0.0678. The first-order valence-electron chi connectivity index (χ1n) is 11.7. The Hall–Kier alpha value is -5.11. The second-order valence-electron chi connectivity index (χ2n) is 8.44. The largest absolute Gasteiger partial charge is 0.497 e. The second-order valence-corrected chi connectivity index (χ2v) is 8.44. The van der Waals surface area contributed by atoms with E-state index in [2.05, 4.69) is 10.6 Å². The molecule has 4 N–H and O–H groups in total. The van der Waals surface area contributed by atoms with Crippen LogP contribution in [0.4, 0.5) is 17.1 Å². The number of carbonyl (C=O) groups excluding carboxylic acids is 2. The van der Waals surface area contributed by atoms with E-state index in [1.807, 2.05) is 53.1 Å². The molecule has 0 unspecified atom stereocenters. The predicted molar refractivity (Wildman–Crippen MR) is 146 cm³/mol. The third-order valence-corrected chi connectivity index (χ3v) is 5.88. The quantitative estimate of drug-likeness (QED) is 0.272. The molecule has 5 aromatic rings. The molecular weight excluding hydrogens is 466 g/mol. The van der Waals surface area contributed by atoms with Crippen molar-refractivity contribution in [2.45, 2.75) is 6.54 Å². The maximum absolute atomic E-state index is 12.9. The molecule has 0 aliphatic rings. The fourth-order valence-corrected chi connectivity index (χ4v) is 4.04. The third-order valence-electron chi connectivity index (χ3n) is 5.88. The molecule has 0 radical (unpaired) electrons.